The number of hydrogen-bond donors (Lipinski definition) is 2. The molecule has 1 rings (SSSR count). The summed E-state index contributed by atoms with van der Waals surface area (Å²) < 4.78 is 10.6. The molecule has 0 saturated heterocycles. The molecule has 0 heterocycles. The van der Waals surface area contributed by atoms with Gasteiger partial charge in [0, 0.05) is 12.0 Å². The monoisotopic (exact) mass is 323 g/mol. The van der Waals surface area contributed by atoms with Crippen LogP contribution in [0.25, 0.3) is 0 Å². The minimum absolute atomic E-state index is 0.0557. The fourth-order valence-electron chi connectivity index (χ4n) is 2.28. The molecule has 23 heavy (non-hydrogen) atoms. The number of aliphatic hydroxyl groups is 1. The van der Waals surface area contributed by atoms with Gasteiger partial charge in [-0.3, -0.25) is 0 Å². The maximum atomic E-state index is 11.8. The second kappa shape index (κ2) is 7.68. The number of aliphatic hydroxyl groups excluding tert-OH is 1. The van der Waals surface area contributed by atoms with E-state index in [9.17, 15) is 9.90 Å². The van der Waals surface area contributed by atoms with Gasteiger partial charge >= 0.3 is 6.09 Å². The summed E-state index contributed by atoms with van der Waals surface area (Å²) in [6, 6.07) is 5.95. The summed E-state index contributed by atoms with van der Waals surface area (Å²) in [7, 11) is 1.63. The van der Waals surface area contributed by atoms with Crippen molar-refractivity contribution in [3.63, 3.8) is 0 Å². The van der Waals surface area contributed by atoms with Gasteiger partial charge in [-0.25, -0.2) is 4.79 Å². The highest BCUT2D eigenvalue weighted by Gasteiger charge is 2.27. The van der Waals surface area contributed by atoms with Crippen LogP contribution in [0.4, 0.5) is 4.79 Å². The summed E-state index contributed by atoms with van der Waals surface area (Å²) in [6.45, 7) is 9.64. The Morgan fingerprint density at radius 1 is 1.26 bits per heavy atom. The molecule has 0 bridgehead atoms. The van der Waals surface area contributed by atoms with Crippen LogP contribution in [0.5, 0.6) is 5.75 Å². The van der Waals surface area contributed by atoms with Crippen molar-refractivity contribution in [1.82, 2.24) is 5.32 Å². The van der Waals surface area contributed by atoms with Crippen LogP contribution in [-0.2, 0) is 11.2 Å². The average molecular weight is 323 g/mol. The summed E-state index contributed by atoms with van der Waals surface area (Å²) in [6.07, 6.45) is 0.109. The molecule has 1 aromatic carbocycles. The zero-order valence-electron chi connectivity index (χ0n) is 15.0. The first-order valence-corrected chi connectivity index (χ1v) is 7.80. The van der Waals surface area contributed by atoms with Gasteiger partial charge in [-0.2, -0.15) is 0 Å². The van der Waals surface area contributed by atoms with Crippen LogP contribution in [0.2, 0.25) is 0 Å². The standard InChI is InChI=1S/C18H29NO4/c1-13-7-8-15(22-6)14(9-13)10-18(5,12-20)11-19-16(21)23-17(2,3)4/h7-9,20H,10-12H2,1-6H3,(H,19,21). The number of benzene rings is 1. The van der Waals surface area contributed by atoms with Crippen LogP contribution in [0.3, 0.4) is 0 Å². The van der Waals surface area contributed by atoms with Gasteiger partial charge in [-0.15, -0.1) is 0 Å². The molecule has 0 aliphatic carbocycles. The molecular weight excluding hydrogens is 294 g/mol. The molecule has 130 valence electrons. The largest absolute Gasteiger partial charge is 0.496 e. The van der Waals surface area contributed by atoms with Crippen LogP contribution in [-0.4, -0.2) is 37.1 Å². The molecule has 5 heteroatoms. The lowest BCUT2D eigenvalue weighted by atomic mass is 9.83. The molecule has 0 aromatic heterocycles. The van der Waals surface area contributed by atoms with Crippen LogP contribution in [0, 0.1) is 12.3 Å². The number of amides is 1. The topological polar surface area (TPSA) is 67.8 Å². The molecule has 1 amide bonds. The number of hydrogen-bond acceptors (Lipinski definition) is 4. The number of ether oxygens (including phenoxy) is 2. The number of nitrogens with one attached hydrogen (secondary N) is 1. The van der Waals surface area contributed by atoms with E-state index >= 15 is 0 Å². The molecule has 0 saturated carbocycles. The van der Waals surface area contributed by atoms with Gasteiger partial charge in [-0.05, 0) is 45.7 Å². The predicted molar refractivity (Wildman–Crippen MR) is 90.9 cm³/mol. The number of carbonyl (C=O) groups excluding carboxylic acids is 1. The van der Waals surface area contributed by atoms with Crippen molar-refractivity contribution in [1.29, 1.82) is 0 Å². The average Bonchev–Trinajstić information content (AvgIpc) is 2.44. The van der Waals surface area contributed by atoms with Gasteiger partial charge in [0.1, 0.15) is 11.4 Å². The Bertz CT molecular complexity index is 536. The highest BCUT2D eigenvalue weighted by atomic mass is 16.6. The highest BCUT2D eigenvalue weighted by molar-refractivity contribution is 5.67. The molecular formula is C18H29NO4. The van der Waals surface area contributed by atoms with Crippen molar-refractivity contribution in [3.05, 3.63) is 29.3 Å². The maximum Gasteiger partial charge on any atom is 0.407 e. The summed E-state index contributed by atoms with van der Waals surface area (Å²) in [5.74, 6) is 0.785. The summed E-state index contributed by atoms with van der Waals surface area (Å²) in [5, 5.41) is 12.5. The SMILES string of the molecule is COc1ccc(C)cc1CC(C)(CO)CNC(=O)OC(C)(C)C. The lowest BCUT2D eigenvalue weighted by molar-refractivity contribution is 0.0478. The van der Waals surface area contributed by atoms with Crippen LogP contribution in [0.1, 0.15) is 38.8 Å². The van der Waals surface area contributed by atoms with Crippen molar-refractivity contribution in [2.24, 2.45) is 5.41 Å². The molecule has 0 aliphatic heterocycles. The molecule has 0 radical (unpaired) electrons. The Kier molecular flexibility index (Phi) is 6.45. The smallest absolute Gasteiger partial charge is 0.407 e. The summed E-state index contributed by atoms with van der Waals surface area (Å²) >= 11 is 0. The fraction of sp³-hybridized carbons (Fsp3) is 0.611. The van der Waals surface area contributed by atoms with E-state index in [2.05, 4.69) is 5.32 Å². The van der Waals surface area contributed by atoms with E-state index in [0.717, 1.165) is 16.9 Å². The lowest BCUT2D eigenvalue weighted by Crippen LogP contribution is -2.41. The van der Waals surface area contributed by atoms with E-state index in [4.69, 9.17) is 9.47 Å². The quantitative estimate of drug-likeness (QED) is 0.844. The summed E-state index contributed by atoms with van der Waals surface area (Å²) in [5.41, 5.74) is 1.09. The molecule has 5 nitrogen and oxygen atoms in total. The Hall–Kier alpha value is -1.75. The van der Waals surface area contributed by atoms with Gasteiger partial charge in [0.15, 0.2) is 0 Å². The molecule has 0 fully saturated rings. The van der Waals surface area contributed by atoms with Gasteiger partial charge in [0.25, 0.3) is 0 Å². The lowest BCUT2D eigenvalue weighted by Gasteiger charge is -2.29. The third-order valence-corrected chi connectivity index (χ3v) is 3.49. The van der Waals surface area contributed by atoms with Gasteiger partial charge < -0.3 is 19.9 Å². The zero-order valence-corrected chi connectivity index (χ0v) is 15.0. The van der Waals surface area contributed by atoms with E-state index in [1.54, 1.807) is 7.11 Å². The normalized spacial score (nSPS) is 14.0. The Labute approximate surface area is 139 Å². The second-order valence-corrected chi connectivity index (χ2v) is 7.32. The first kappa shape index (κ1) is 19.3. The number of rotatable bonds is 6. The van der Waals surface area contributed by atoms with Crippen LogP contribution in [0.15, 0.2) is 18.2 Å². The number of aryl methyl sites for hydroxylation is 1. The van der Waals surface area contributed by atoms with Gasteiger partial charge in [0.2, 0.25) is 0 Å². The van der Waals surface area contributed by atoms with E-state index in [1.165, 1.54) is 0 Å². The van der Waals surface area contributed by atoms with E-state index < -0.39 is 17.1 Å². The van der Waals surface area contributed by atoms with E-state index in [0.29, 0.717) is 13.0 Å². The molecule has 1 atom stereocenters. The zero-order chi connectivity index (χ0) is 17.7. The Morgan fingerprint density at radius 2 is 1.91 bits per heavy atom. The first-order chi connectivity index (χ1) is 10.6. The Balaban J connectivity index is 2.78. The van der Waals surface area contributed by atoms with Crippen LogP contribution >= 0.6 is 0 Å². The van der Waals surface area contributed by atoms with Crippen LogP contribution < -0.4 is 10.1 Å². The number of methoxy groups -OCH3 is 1. The fourth-order valence-corrected chi connectivity index (χ4v) is 2.28. The third-order valence-electron chi connectivity index (χ3n) is 3.49. The minimum atomic E-state index is -0.542. The van der Waals surface area contributed by atoms with Crippen molar-refractivity contribution in [2.75, 3.05) is 20.3 Å². The maximum absolute atomic E-state index is 11.8. The molecule has 0 spiro atoms. The van der Waals surface area contributed by atoms with Crippen molar-refractivity contribution >= 4 is 6.09 Å². The summed E-state index contributed by atoms with van der Waals surface area (Å²) in [4.78, 5) is 11.8. The minimum Gasteiger partial charge on any atom is -0.496 e. The van der Waals surface area contributed by atoms with Crippen molar-refractivity contribution in [3.8, 4) is 5.75 Å². The first-order valence-electron chi connectivity index (χ1n) is 7.80. The van der Waals surface area contributed by atoms with Crippen molar-refractivity contribution < 1.29 is 19.4 Å². The van der Waals surface area contributed by atoms with E-state index in [1.807, 2.05) is 52.8 Å². The molecule has 1 unspecified atom stereocenters. The van der Waals surface area contributed by atoms with Crippen molar-refractivity contribution in [2.45, 2.75) is 46.6 Å². The van der Waals surface area contributed by atoms with Gasteiger partial charge in [0.05, 0.1) is 13.7 Å². The molecule has 2 N–H and O–H groups in total. The molecule has 0 aliphatic rings. The molecule has 1 aromatic rings. The highest BCUT2D eigenvalue weighted by Crippen LogP contribution is 2.28. The van der Waals surface area contributed by atoms with Gasteiger partial charge in [-0.1, -0.05) is 24.6 Å². The van der Waals surface area contributed by atoms with E-state index in [-0.39, 0.29) is 6.61 Å². The third kappa shape index (κ3) is 6.48. The number of carbonyl (C=O) groups is 1. The predicted octanol–water partition coefficient (Wildman–Crippen LogP) is 3.07. The second-order valence-electron chi connectivity index (χ2n) is 7.32. The Morgan fingerprint density at radius 3 is 2.43 bits per heavy atom. The number of alkyl carbamates (subject to hydrolysis) is 1.